The van der Waals surface area contributed by atoms with Crippen LogP contribution in [-0.4, -0.2) is 37.4 Å². The van der Waals surface area contributed by atoms with Gasteiger partial charge in [-0.2, -0.15) is 0 Å². The third-order valence-electron chi connectivity index (χ3n) is 3.83. The van der Waals surface area contributed by atoms with Gasteiger partial charge in [0.25, 0.3) is 11.8 Å². The number of anilines is 1. The minimum absolute atomic E-state index is 0.134. The SMILES string of the molecule is CCNC(=O)/C(=C\c1ccc(/C=C2\Oc3ccccc3NC2=O)o1)N(C)C. The topological polar surface area (TPSA) is 83.8 Å². The second-order valence-electron chi connectivity index (χ2n) is 6.08. The molecule has 0 aliphatic carbocycles. The second-order valence-corrected chi connectivity index (χ2v) is 6.08. The van der Waals surface area contributed by atoms with Crippen molar-refractivity contribution in [2.24, 2.45) is 0 Å². The smallest absolute Gasteiger partial charge is 0.291 e. The Bertz CT molecular complexity index is 925. The number of nitrogens with one attached hydrogen (secondary N) is 2. The van der Waals surface area contributed by atoms with Gasteiger partial charge in [0.05, 0.1) is 5.69 Å². The van der Waals surface area contributed by atoms with E-state index in [9.17, 15) is 9.59 Å². The van der Waals surface area contributed by atoms with Crippen molar-refractivity contribution >= 4 is 29.7 Å². The van der Waals surface area contributed by atoms with Gasteiger partial charge in [0, 0.05) is 32.8 Å². The van der Waals surface area contributed by atoms with Crippen LogP contribution < -0.4 is 15.4 Å². The molecule has 1 aliphatic rings. The number of likely N-dealkylation sites (N-methyl/N-ethyl adjacent to an activating group) is 2. The van der Waals surface area contributed by atoms with Crippen LogP contribution in [0.3, 0.4) is 0 Å². The molecule has 27 heavy (non-hydrogen) atoms. The van der Waals surface area contributed by atoms with E-state index in [2.05, 4.69) is 10.6 Å². The highest BCUT2D eigenvalue weighted by atomic mass is 16.5. The van der Waals surface area contributed by atoms with Crippen molar-refractivity contribution in [1.82, 2.24) is 10.2 Å². The molecule has 1 aliphatic heterocycles. The highest BCUT2D eigenvalue weighted by Gasteiger charge is 2.22. The number of para-hydroxylation sites is 2. The van der Waals surface area contributed by atoms with E-state index >= 15 is 0 Å². The first-order chi connectivity index (χ1) is 13.0. The van der Waals surface area contributed by atoms with E-state index in [4.69, 9.17) is 9.15 Å². The molecular weight excluding hydrogens is 346 g/mol. The van der Waals surface area contributed by atoms with E-state index in [0.29, 0.717) is 35.2 Å². The number of fused-ring (bicyclic) bond motifs is 1. The number of furan rings is 1. The summed E-state index contributed by atoms with van der Waals surface area (Å²) in [6, 6.07) is 10.6. The third kappa shape index (κ3) is 4.20. The lowest BCUT2D eigenvalue weighted by atomic mass is 10.2. The molecule has 2 amide bonds. The van der Waals surface area contributed by atoms with Gasteiger partial charge in [-0.05, 0) is 31.2 Å². The van der Waals surface area contributed by atoms with Crippen LogP contribution in [0.4, 0.5) is 5.69 Å². The number of ether oxygens (including phenoxy) is 1. The molecule has 1 aromatic carbocycles. The monoisotopic (exact) mass is 367 g/mol. The molecule has 0 radical (unpaired) electrons. The lowest BCUT2D eigenvalue weighted by molar-refractivity contribution is -0.118. The summed E-state index contributed by atoms with van der Waals surface area (Å²) in [5.41, 5.74) is 1.09. The Morgan fingerprint density at radius 3 is 2.67 bits per heavy atom. The molecule has 0 spiro atoms. The molecule has 2 heterocycles. The van der Waals surface area contributed by atoms with Gasteiger partial charge < -0.3 is 24.7 Å². The first-order valence-corrected chi connectivity index (χ1v) is 8.55. The molecule has 2 aromatic rings. The van der Waals surface area contributed by atoms with E-state index in [1.807, 2.05) is 19.1 Å². The molecule has 140 valence electrons. The average molecular weight is 367 g/mol. The molecule has 7 heteroatoms. The second kappa shape index (κ2) is 7.82. The lowest BCUT2D eigenvalue weighted by Gasteiger charge is -2.19. The molecule has 7 nitrogen and oxygen atoms in total. The molecular formula is C20H21N3O4. The number of carbonyl (C=O) groups excluding carboxylic acids is 2. The Morgan fingerprint density at radius 1 is 1.19 bits per heavy atom. The molecule has 0 unspecified atom stereocenters. The zero-order valence-corrected chi connectivity index (χ0v) is 15.4. The van der Waals surface area contributed by atoms with E-state index in [1.165, 1.54) is 6.08 Å². The van der Waals surface area contributed by atoms with Crippen LogP contribution in [-0.2, 0) is 9.59 Å². The number of carbonyl (C=O) groups is 2. The van der Waals surface area contributed by atoms with Crippen molar-refractivity contribution in [3.63, 3.8) is 0 Å². The van der Waals surface area contributed by atoms with Gasteiger partial charge in [-0.15, -0.1) is 0 Å². The van der Waals surface area contributed by atoms with Crippen LogP contribution in [0.2, 0.25) is 0 Å². The summed E-state index contributed by atoms with van der Waals surface area (Å²) in [6.07, 6.45) is 3.16. The first-order valence-electron chi connectivity index (χ1n) is 8.55. The van der Waals surface area contributed by atoms with Crippen LogP contribution in [0.15, 0.2) is 52.3 Å². The normalized spacial score (nSPS) is 15.0. The van der Waals surface area contributed by atoms with Gasteiger partial charge in [-0.3, -0.25) is 9.59 Å². The summed E-state index contributed by atoms with van der Waals surface area (Å²) in [5.74, 6) is 1.11. The van der Waals surface area contributed by atoms with Crippen molar-refractivity contribution in [1.29, 1.82) is 0 Å². The molecule has 0 bridgehead atoms. The Morgan fingerprint density at radius 2 is 1.93 bits per heavy atom. The molecule has 3 rings (SSSR count). The first kappa shape index (κ1) is 18.3. The van der Waals surface area contributed by atoms with E-state index in [0.717, 1.165) is 0 Å². The van der Waals surface area contributed by atoms with Gasteiger partial charge >= 0.3 is 0 Å². The van der Waals surface area contributed by atoms with Crippen molar-refractivity contribution in [2.45, 2.75) is 6.92 Å². The number of hydrogen-bond donors (Lipinski definition) is 2. The largest absolute Gasteiger partial charge is 0.457 e. The number of nitrogens with zero attached hydrogens (tertiary/aromatic N) is 1. The summed E-state index contributed by atoms with van der Waals surface area (Å²) >= 11 is 0. The van der Waals surface area contributed by atoms with Crippen LogP contribution in [0.25, 0.3) is 12.2 Å². The number of rotatable bonds is 5. The Labute approximate surface area is 157 Å². The van der Waals surface area contributed by atoms with Crippen LogP contribution in [0.1, 0.15) is 18.4 Å². The fraction of sp³-hybridized carbons (Fsp3) is 0.200. The predicted octanol–water partition coefficient (Wildman–Crippen LogP) is 2.69. The molecule has 0 saturated carbocycles. The maximum Gasteiger partial charge on any atom is 0.291 e. The van der Waals surface area contributed by atoms with Crippen LogP contribution >= 0.6 is 0 Å². The Hall–Kier alpha value is -3.48. The minimum atomic E-state index is -0.349. The summed E-state index contributed by atoms with van der Waals surface area (Å²) < 4.78 is 11.4. The summed E-state index contributed by atoms with van der Waals surface area (Å²) in [5, 5.41) is 5.53. The summed E-state index contributed by atoms with van der Waals surface area (Å²) in [7, 11) is 3.56. The minimum Gasteiger partial charge on any atom is -0.457 e. The molecule has 2 N–H and O–H groups in total. The molecule has 0 saturated heterocycles. The number of hydrogen-bond acceptors (Lipinski definition) is 5. The van der Waals surface area contributed by atoms with Crippen molar-refractivity contribution in [3.8, 4) is 5.75 Å². The van der Waals surface area contributed by atoms with Crippen molar-refractivity contribution < 1.29 is 18.7 Å². The van der Waals surface area contributed by atoms with E-state index < -0.39 is 0 Å². The lowest BCUT2D eigenvalue weighted by Crippen LogP contribution is -2.30. The fourth-order valence-corrected chi connectivity index (χ4v) is 2.54. The Kier molecular flexibility index (Phi) is 5.30. The Balaban J connectivity index is 1.83. The third-order valence-corrected chi connectivity index (χ3v) is 3.83. The predicted molar refractivity (Wildman–Crippen MR) is 103 cm³/mol. The van der Waals surface area contributed by atoms with Gasteiger partial charge in [-0.1, -0.05) is 12.1 Å². The quantitative estimate of drug-likeness (QED) is 0.794. The molecule has 0 fully saturated rings. The maximum absolute atomic E-state index is 12.2. The van der Waals surface area contributed by atoms with Crippen LogP contribution in [0.5, 0.6) is 5.75 Å². The highest BCUT2D eigenvalue weighted by Crippen LogP contribution is 2.31. The standard InChI is InChI=1S/C20H21N3O4/c1-4-21-19(24)16(23(2)3)11-13-9-10-14(26-13)12-18-20(25)22-15-7-5-6-8-17(15)27-18/h5-12H,4H2,1-3H3,(H,21,24)(H,22,25)/b16-11+,18-12-. The van der Waals surface area contributed by atoms with Gasteiger partial charge in [0.15, 0.2) is 11.5 Å². The van der Waals surface area contributed by atoms with Crippen LogP contribution in [0, 0.1) is 0 Å². The zero-order chi connectivity index (χ0) is 19.4. The number of amides is 2. The van der Waals surface area contributed by atoms with Gasteiger partial charge in [-0.25, -0.2) is 0 Å². The van der Waals surface area contributed by atoms with E-state index in [-0.39, 0.29) is 17.6 Å². The van der Waals surface area contributed by atoms with Crippen molar-refractivity contribution in [3.05, 3.63) is 59.4 Å². The van der Waals surface area contributed by atoms with Gasteiger partial charge in [0.1, 0.15) is 17.2 Å². The number of benzene rings is 1. The zero-order valence-electron chi connectivity index (χ0n) is 15.4. The average Bonchev–Trinajstić information content (AvgIpc) is 3.07. The summed E-state index contributed by atoms with van der Waals surface area (Å²) in [4.78, 5) is 26.0. The molecule has 1 aromatic heterocycles. The highest BCUT2D eigenvalue weighted by molar-refractivity contribution is 6.08. The van der Waals surface area contributed by atoms with E-state index in [1.54, 1.807) is 49.3 Å². The van der Waals surface area contributed by atoms with Gasteiger partial charge in [0.2, 0.25) is 0 Å². The van der Waals surface area contributed by atoms with Crippen molar-refractivity contribution in [2.75, 3.05) is 26.0 Å². The summed E-state index contributed by atoms with van der Waals surface area (Å²) in [6.45, 7) is 2.39. The fourth-order valence-electron chi connectivity index (χ4n) is 2.54. The molecule has 0 atom stereocenters. The maximum atomic E-state index is 12.2.